The van der Waals surface area contributed by atoms with E-state index in [1.54, 1.807) is 38.1 Å². The van der Waals surface area contributed by atoms with Crippen LogP contribution in [0.15, 0.2) is 36.9 Å². The Morgan fingerprint density at radius 2 is 2.04 bits per heavy atom. The summed E-state index contributed by atoms with van der Waals surface area (Å²) in [5, 5.41) is 9.28. The van der Waals surface area contributed by atoms with Gasteiger partial charge in [0.1, 0.15) is 23.6 Å². The van der Waals surface area contributed by atoms with Crippen LogP contribution in [0.2, 0.25) is 5.15 Å². The summed E-state index contributed by atoms with van der Waals surface area (Å²) in [7, 11) is 1.35. The number of carbonyl (C=O) groups is 1. The zero-order valence-electron chi connectivity index (χ0n) is 14.9. The predicted molar refractivity (Wildman–Crippen MR) is 101 cm³/mol. The van der Waals surface area contributed by atoms with Gasteiger partial charge in [0, 0.05) is 5.56 Å². The largest absolute Gasteiger partial charge is 0.492 e. The molecule has 1 heterocycles. The average molecular weight is 371 g/mol. The first-order valence-corrected chi connectivity index (χ1v) is 8.25. The number of esters is 1. The first-order chi connectivity index (χ1) is 12.3. The molecule has 0 fully saturated rings. The summed E-state index contributed by atoms with van der Waals surface area (Å²) < 4.78 is 10.4. The van der Waals surface area contributed by atoms with Crippen LogP contribution in [0.3, 0.4) is 0 Å². The highest BCUT2D eigenvalue weighted by Crippen LogP contribution is 2.28. The van der Waals surface area contributed by atoms with Gasteiger partial charge in [-0.1, -0.05) is 24.3 Å². The second-order valence-electron chi connectivity index (χ2n) is 6.27. The molecule has 0 saturated carbocycles. The molecule has 0 saturated heterocycles. The molecule has 1 aromatic carbocycles. The van der Waals surface area contributed by atoms with Crippen LogP contribution in [0.4, 0.5) is 0 Å². The lowest BCUT2D eigenvalue weighted by molar-refractivity contribution is -0.152. The van der Waals surface area contributed by atoms with Crippen molar-refractivity contribution in [1.82, 2.24) is 4.98 Å². The van der Waals surface area contributed by atoms with Gasteiger partial charge in [0.25, 0.3) is 0 Å². The van der Waals surface area contributed by atoms with E-state index in [0.717, 1.165) is 5.56 Å². The molecule has 26 heavy (non-hydrogen) atoms. The summed E-state index contributed by atoms with van der Waals surface area (Å²) in [5.74, 6) is 0.289. The lowest BCUT2D eigenvalue weighted by Gasteiger charge is -2.21. The van der Waals surface area contributed by atoms with Crippen LogP contribution in [-0.2, 0) is 9.53 Å². The van der Waals surface area contributed by atoms with Crippen LogP contribution in [0, 0.1) is 16.7 Å². The Morgan fingerprint density at radius 1 is 1.38 bits per heavy atom. The van der Waals surface area contributed by atoms with Gasteiger partial charge in [0.05, 0.1) is 23.8 Å². The van der Waals surface area contributed by atoms with Gasteiger partial charge in [-0.05, 0) is 49.7 Å². The maximum absolute atomic E-state index is 11.7. The van der Waals surface area contributed by atoms with Gasteiger partial charge >= 0.3 is 5.97 Å². The van der Waals surface area contributed by atoms with Crippen LogP contribution in [0.5, 0.6) is 5.75 Å². The summed E-state index contributed by atoms with van der Waals surface area (Å²) in [5.41, 5.74) is 1.64. The molecule has 2 aromatic rings. The zero-order chi connectivity index (χ0) is 19.3. The molecule has 0 spiro atoms. The number of hydrogen-bond acceptors (Lipinski definition) is 5. The van der Waals surface area contributed by atoms with E-state index in [1.807, 2.05) is 18.2 Å². The van der Waals surface area contributed by atoms with Gasteiger partial charge in [-0.3, -0.25) is 4.79 Å². The second-order valence-corrected chi connectivity index (χ2v) is 6.62. The molecule has 0 N–H and O–H groups in total. The van der Waals surface area contributed by atoms with E-state index >= 15 is 0 Å². The summed E-state index contributed by atoms with van der Waals surface area (Å²) in [6.07, 6.45) is 1.57. The number of nitrogens with zero attached hydrogens (tertiary/aromatic N) is 2. The van der Waals surface area contributed by atoms with Gasteiger partial charge in [-0.25, -0.2) is 4.98 Å². The summed E-state index contributed by atoms with van der Waals surface area (Å²) in [4.78, 5) is 15.9. The molecule has 134 valence electrons. The number of hydrogen-bond donors (Lipinski definition) is 0. The van der Waals surface area contributed by atoms with Crippen molar-refractivity contribution in [2.75, 3.05) is 13.7 Å². The van der Waals surface area contributed by atoms with Crippen LogP contribution >= 0.6 is 11.6 Å². The highest BCUT2D eigenvalue weighted by atomic mass is 35.5. The fourth-order valence-corrected chi connectivity index (χ4v) is 2.52. The monoisotopic (exact) mass is 370 g/mol. The molecule has 5 nitrogen and oxygen atoms in total. The van der Waals surface area contributed by atoms with Crippen LogP contribution in [0.1, 0.15) is 25.0 Å². The molecular weight excluding hydrogens is 352 g/mol. The van der Waals surface area contributed by atoms with Gasteiger partial charge in [0.15, 0.2) is 0 Å². The van der Waals surface area contributed by atoms with Crippen molar-refractivity contribution >= 4 is 23.6 Å². The van der Waals surface area contributed by atoms with Crippen molar-refractivity contribution < 1.29 is 14.3 Å². The minimum absolute atomic E-state index is 0.139. The van der Waals surface area contributed by atoms with E-state index in [9.17, 15) is 4.79 Å². The molecule has 0 unspecified atom stereocenters. The third-order valence-corrected chi connectivity index (χ3v) is 4.10. The SMILES string of the molecule is C=Cc1cc(-c2ccc(OCC(C)(C)C(=O)OC)cc2)nc(Cl)c1C#N. The smallest absolute Gasteiger partial charge is 0.314 e. The Morgan fingerprint density at radius 3 is 2.58 bits per heavy atom. The Balaban J connectivity index is 2.20. The van der Waals surface area contributed by atoms with Crippen LogP contribution in [-0.4, -0.2) is 24.7 Å². The Kier molecular flexibility index (Phi) is 6.01. The molecule has 0 aliphatic carbocycles. The van der Waals surface area contributed by atoms with E-state index in [1.165, 1.54) is 7.11 Å². The normalized spacial score (nSPS) is 10.7. The number of methoxy groups -OCH3 is 1. The Labute approximate surface area is 157 Å². The molecule has 6 heteroatoms. The number of ether oxygens (including phenoxy) is 2. The van der Waals surface area contributed by atoms with Crippen molar-refractivity contribution in [3.05, 3.63) is 53.2 Å². The maximum Gasteiger partial charge on any atom is 0.314 e. The highest BCUT2D eigenvalue weighted by Gasteiger charge is 2.29. The molecule has 0 aliphatic rings. The Hall–Kier alpha value is -2.84. The van der Waals surface area contributed by atoms with Crippen molar-refractivity contribution in [3.8, 4) is 23.1 Å². The van der Waals surface area contributed by atoms with Gasteiger partial charge in [-0.15, -0.1) is 0 Å². The van der Waals surface area contributed by atoms with Gasteiger partial charge in [-0.2, -0.15) is 5.26 Å². The lowest BCUT2D eigenvalue weighted by atomic mass is 9.95. The molecule has 0 atom stereocenters. The molecule has 0 aliphatic heterocycles. The van der Waals surface area contributed by atoms with Crippen molar-refractivity contribution in [2.45, 2.75) is 13.8 Å². The molecule has 0 bridgehead atoms. The summed E-state index contributed by atoms with van der Waals surface area (Å²) in [6, 6.07) is 11.0. The van der Waals surface area contributed by atoms with Crippen LogP contribution < -0.4 is 4.74 Å². The second kappa shape index (κ2) is 8.03. The fourth-order valence-electron chi connectivity index (χ4n) is 2.27. The third kappa shape index (κ3) is 4.22. The quantitative estimate of drug-likeness (QED) is 0.553. The standard InChI is InChI=1S/C20H19ClN2O3/c1-5-13-10-17(23-18(21)16(13)11-22)14-6-8-15(9-7-14)26-12-20(2,3)19(24)25-4/h5-10H,1,12H2,2-4H3. The highest BCUT2D eigenvalue weighted by molar-refractivity contribution is 6.30. The molecule has 0 radical (unpaired) electrons. The minimum Gasteiger partial charge on any atom is -0.492 e. The summed E-state index contributed by atoms with van der Waals surface area (Å²) >= 11 is 6.09. The topological polar surface area (TPSA) is 72.2 Å². The lowest BCUT2D eigenvalue weighted by Crippen LogP contribution is -2.32. The van der Waals surface area contributed by atoms with Gasteiger partial charge < -0.3 is 9.47 Å². The number of aromatic nitrogens is 1. The molecular formula is C20H19ClN2O3. The maximum atomic E-state index is 11.7. The van der Waals surface area contributed by atoms with Crippen LogP contribution in [0.25, 0.3) is 17.3 Å². The zero-order valence-corrected chi connectivity index (χ0v) is 15.6. The number of pyridine rings is 1. The fraction of sp³-hybridized carbons (Fsp3) is 0.250. The van der Waals surface area contributed by atoms with Crippen molar-refractivity contribution in [1.29, 1.82) is 5.26 Å². The predicted octanol–water partition coefficient (Wildman–Crippen LogP) is 4.49. The Bertz CT molecular complexity index is 868. The summed E-state index contributed by atoms with van der Waals surface area (Å²) in [6.45, 7) is 7.41. The third-order valence-electron chi connectivity index (χ3n) is 3.83. The number of halogens is 1. The molecule has 2 rings (SSSR count). The van der Waals surface area contributed by atoms with Gasteiger partial charge in [0.2, 0.25) is 0 Å². The van der Waals surface area contributed by atoms with Crippen molar-refractivity contribution in [3.63, 3.8) is 0 Å². The first kappa shape index (κ1) is 19.5. The number of carbonyl (C=O) groups excluding carboxylic acids is 1. The molecule has 0 amide bonds. The van der Waals surface area contributed by atoms with E-state index in [4.69, 9.17) is 26.3 Å². The van der Waals surface area contributed by atoms with E-state index in [2.05, 4.69) is 11.6 Å². The van der Waals surface area contributed by atoms with E-state index < -0.39 is 5.41 Å². The minimum atomic E-state index is -0.742. The number of rotatable bonds is 6. The molecule has 1 aromatic heterocycles. The van der Waals surface area contributed by atoms with Crippen molar-refractivity contribution in [2.24, 2.45) is 5.41 Å². The average Bonchev–Trinajstić information content (AvgIpc) is 2.65. The number of nitriles is 1. The number of benzene rings is 1. The van der Waals surface area contributed by atoms with E-state index in [-0.39, 0.29) is 17.7 Å². The van der Waals surface area contributed by atoms with E-state index in [0.29, 0.717) is 22.6 Å². The first-order valence-electron chi connectivity index (χ1n) is 7.87.